The minimum absolute atomic E-state index is 0.182. The summed E-state index contributed by atoms with van der Waals surface area (Å²) in [4.78, 5) is 6.48. The molecule has 0 fully saturated rings. The summed E-state index contributed by atoms with van der Waals surface area (Å²) in [6, 6.07) is 11.6. The summed E-state index contributed by atoms with van der Waals surface area (Å²) in [6.07, 6.45) is 0.873. The first kappa shape index (κ1) is 19.9. The molecule has 0 aliphatic heterocycles. The van der Waals surface area contributed by atoms with Crippen LogP contribution < -0.4 is 10.2 Å². The molecule has 0 bridgehead atoms. The second kappa shape index (κ2) is 8.02. The molecule has 1 aromatic heterocycles. The third-order valence-electron chi connectivity index (χ3n) is 4.96. The van der Waals surface area contributed by atoms with Gasteiger partial charge >= 0.3 is 0 Å². The lowest BCUT2D eigenvalue weighted by Gasteiger charge is -2.28. The molecule has 0 radical (unpaired) electrons. The largest absolute Gasteiger partial charge is 0.507 e. The molecule has 6 heteroatoms. The van der Waals surface area contributed by atoms with Gasteiger partial charge in [0.1, 0.15) is 11.6 Å². The van der Waals surface area contributed by atoms with Crippen molar-refractivity contribution in [2.24, 2.45) is 0 Å². The zero-order valence-corrected chi connectivity index (χ0v) is 17.6. The van der Waals surface area contributed by atoms with Gasteiger partial charge in [0.25, 0.3) is 0 Å². The molecule has 1 heterocycles. The molecule has 2 N–H and O–H groups in total. The van der Waals surface area contributed by atoms with Crippen LogP contribution in [0, 0.1) is 6.92 Å². The van der Waals surface area contributed by atoms with E-state index in [1.807, 2.05) is 36.1 Å². The maximum absolute atomic E-state index is 10.4. The number of aromatic nitrogens is 2. The summed E-state index contributed by atoms with van der Waals surface area (Å²) in [6.45, 7) is 11.3. The standard InChI is InChI=1S/C22H26N4OS/c1-6-16-8-11-21(27)18(12-16)14(3)26(22(28)23-5)17-9-10-19-20(13-17)25(7-2)15(4)24-19/h8-13,27H,3,6-7H2,1-2,4-5H3,(H,23,28). The Morgan fingerprint density at radius 2 is 2.00 bits per heavy atom. The smallest absolute Gasteiger partial charge is 0.177 e. The van der Waals surface area contributed by atoms with E-state index in [1.54, 1.807) is 13.1 Å². The molecule has 3 rings (SSSR count). The number of nitrogens with zero attached hydrogens (tertiary/aromatic N) is 3. The van der Waals surface area contributed by atoms with E-state index in [0.29, 0.717) is 16.4 Å². The second-order valence-corrected chi connectivity index (χ2v) is 7.01. The lowest BCUT2D eigenvalue weighted by molar-refractivity contribution is 0.473. The van der Waals surface area contributed by atoms with Crippen LogP contribution in [0.3, 0.4) is 0 Å². The average molecular weight is 395 g/mol. The topological polar surface area (TPSA) is 53.3 Å². The lowest BCUT2D eigenvalue weighted by Crippen LogP contribution is -2.36. The van der Waals surface area contributed by atoms with Gasteiger partial charge in [-0.1, -0.05) is 19.6 Å². The highest BCUT2D eigenvalue weighted by atomic mass is 32.1. The van der Waals surface area contributed by atoms with Gasteiger partial charge in [-0.2, -0.15) is 0 Å². The van der Waals surface area contributed by atoms with Crippen LogP contribution in [0.4, 0.5) is 5.69 Å². The number of aromatic hydroxyl groups is 1. The number of benzene rings is 2. The maximum atomic E-state index is 10.4. The predicted octanol–water partition coefficient (Wildman–Crippen LogP) is 4.61. The predicted molar refractivity (Wildman–Crippen MR) is 121 cm³/mol. The summed E-state index contributed by atoms with van der Waals surface area (Å²) in [7, 11) is 1.78. The van der Waals surface area contributed by atoms with Crippen LogP contribution >= 0.6 is 12.2 Å². The average Bonchev–Trinajstić information content (AvgIpc) is 3.02. The molecular formula is C22H26N4OS. The zero-order chi connectivity index (χ0) is 20.4. The Bertz CT molecular complexity index is 1050. The van der Waals surface area contributed by atoms with E-state index < -0.39 is 0 Å². The van der Waals surface area contributed by atoms with Crippen molar-refractivity contribution in [3.05, 3.63) is 59.9 Å². The first-order chi connectivity index (χ1) is 13.4. The van der Waals surface area contributed by atoms with Crippen LogP contribution in [0.1, 0.15) is 30.8 Å². The first-order valence-corrected chi connectivity index (χ1v) is 9.81. The number of hydrogen-bond donors (Lipinski definition) is 2. The highest BCUT2D eigenvalue weighted by Crippen LogP contribution is 2.33. The summed E-state index contributed by atoms with van der Waals surface area (Å²) in [5, 5.41) is 14.0. The summed E-state index contributed by atoms with van der Waals surface area (Å²) in [5.74, 6) is 1.16. The Balaban J connectivity index is 2.14. The zero-order valence-electron chi connectivity index (χ0n) is 16.8. The number of phenols is 1. The molecule has 3 aromatic rings. The summed E-state index contributed by atoms with van der Waals surface area (Å²) < 4.78 is 2.16. The van der Waals surface area contributed by atoms with E-state index in [1.165, 1.54) is 0 Å². The van der Waals surface area contributed by atoms with Crippen molar-refractivity contribution in [1.29, 1.82) is 0 Å². The molecule has 28 heavy (non-hydrogen) atoms. The normalized spacial score (nSPS) is 10.9. The van der Waals surface area contributed by atoms with E-state index in [4.69, 9.17) is 12.2 Å². The summed E-state index contributed by atoms with van der Waals surface area (Å²) >= 11 is 5.58. The van der Waals surface area contributed by atoms with Crippen molar-refractivity contribution >= 4 is 39.7 Å². The number of nitrogens with one attached hydrogen (secondary N) is 1. The van der Waals surface area contributed by atoms with Gasteiger partial charge in [-0.15, -0.1) is 0 Å². The van der Waals surface area contributed by atoms with Crippen LogP contribution in [-0.2, 0) is 13.0 Å². The molecule has 0 spiro atoms. The van der Waals surface area contributed by atoms with E-state index >= 15 is 0 Å². The van der Waals surface area contributed by atoms with E-state index in [9.17, 15) is 5.11 Å². The fraction of sp³-hybridized carbons (Fsp3) is 0.273. The molecule has 0 aliphatic carbocycles. The lowest BCUT2D eigenvalue weighted by atomic mass is 10.0. The van der Waals surface area contributed by atoms with Gasteiger partial charge in [0.05, 0.1) is 22.4 Å². The van der Waals surface area contributed by atoms with Gasteiger partial charge in [0.15, 0.2) is 5.11 Å². The van der Waals surface area contributed by atoms with Gasteiger partial charge in [0, 0.05) is 19.2 Å². The molecule has 0 aliphatic rings. The molecule has 5 nitrogen and oxygen atoms in total. The number of aryl methyl sites for hydroxylation is 3. The minimum Gasteiger partial charge on any atom is -0.507 e. The molecule has 146 valence electrons. The fourth-order valence-electron chi connectivity index (χ4n) is 3.43. The number of fused-ring (bicyclic) bond motifs is 1. The number of anilines is 1. The Labute approximate surface area is 171 Å². The molecule has 0 saturated heterocycles. The van der Waals surface area contributed by atoms with Crippen LogP contribution in [0.2, 0.25) is 0 Å². The van der Waals surface area contributed by atoms with Gasteiger partial charge < -0.3 is 15.0 Å². The number of rotatable bonds is 5. The van der Waals surface area contributed by atoms with Gasteiger partial charge in [-0.25, -0.2) is 4.98 Å². The number of phenolic OH excluding ortho intramolecular Hbond substituents is 1. The van der Waals surface area contributed by atoms with E-state index in [0.717, 1.165) is 41.1 Å². The number of thiocarbonyl (C=S) groups is 1. The monoisotopic (exact) mass is 394 g/mol. The third-order valence-corrected chi connectivity index (χ3v) is 5.35. The third kappa shape index (κ3) is 3.47. The first-order valence-electron chi connectivity index (χ1n) is 9.41. The fourth-order valence-corrected chi connectivity index (χ4v) is 3.65. The van der Waals surface area contributed by atoms with Gasteiger partial charge in [0.2, 0.25) is 0 Å². The quantitative estimate of drug-likeness (QED) is 0.619. The Morgan fingerprint density at radius 1 is 1.25 bits per heavy atom. The molecule has 0 saturated carbocycles. The number of hydrogen-bond acceptors (Lipinski definition) is 3. The Morgan fingerprint density at radius 3 is 2.64 bits per heavy atom. The highest BCUT2D eigenvalue weighted by molar-refractivity contribution is 7.80. The molecule has 0 unspecified atom stereocenters. The second-order valence-electron chi connectivity index (χ2n) is 6.62. The molecule has 2 aromatic carbocycles. The summed E-state index contributed by atoms with van der Waals surface area (Å²) in [5.41, 5.74) is 5.26. The number of imidazole rings is 1. The van der Waals surface area contributed by atoms with Crippen molar-refractivity contribution in [3.63, 3.8) is 0 Å². The van der Waals surface area contributed by atoms with Crippen molar-refractivity contribution in [1.82, 2.24) is 14.9 Å². The van der Waals surface area contributed by atoms with Crippen LogP contribution in [-0.4, -0.2) is 26.8 Å². The Kier molecular flexibility index (Phi) is 5.70. The van der Waals surface area contributed by atoms with Crippen LogP contribution in [0.15, 0.2) is 43.0 Å². The van der Waals surface area contributed by atoms with Crippen molar-refractivity contribution < 1.29 is 5.11 Å². The Hall–Kier alpha value is -2.86. The molecule has 0 amide bonds. The molecular weight excluding hydrogens is 368 g/mol. The van der Waals surface area contributed by atoms with Gasteiger partial charge in [-0.3, -0.25) is 4.90 Å². The van der Waals surface area contributed by atoms with Crippen molar-refractivity contribution in [2.75, 3.05) is 11.9 Å². The van der Waals surface area contributed by atoms with Crippen molar-refractivity contribution in [2.45, 2.75) is 33.7 Å². The van der Waals surface area contributed by atoms with E-state index in [-0.39, 0.29) is 5.75 Å². The van der Waals surface area contributed by atoms with Gasteiger partial charge in [-0.05, 0) is 68.4 Å². The van der Waals surface area contributed by atoms with E-state index in [2.05, 4.69) is 41.4 Å². The maximum Gasteiger partial charge on any atom is 0.177 e. The van der Waals surface area contributed by atoms with Crippen molar-refractivity contribution in [3.8, 4) is 5.75 Å². The van der Waals surface area contributed by atoms with Crippen LogP contribution in [0.25, 0.3) is 16.7 Å². The highest BCUT2D eigenvalue weighted by Gasteiger charge is 2.20. The minimum atomic E-state index is 0.182. The van der Waals surface area contributed by atoms with Crippen LogP contribution in [0.5, 0.6) is 5.75 Å². The SMILES string of the molecule is C=C(c1cc(CC)ccc1O)N(C(=S)NC)c1ccc2nc(C)n(CC)c2c1. The molecule has 0 atom stereocenters.